The molecule has 144 valence electrons. The third kappa shape index (κ3) is 4.20. The van der Waals surface area contributed by atoms with Crippen LogP contribution in [0.25, 0.3) is 16.0 Å². The van der Waals surface area contributed by atoms with Crippen LogP contribution in [0.2, 0.25) is 0 Å². The van der Waals surface area contributed by atoms with E-state index in [1.54, 1.807) is 14.2 Å². The second-order valence-corrected chi connectivity index (χ2v) is 7.02. The largest absolute Gasteiger partial charge is 0.497 e. The number of methoxy groups -OCH3 is 2. The molecular formula is C18H23N5O3S. The predicted molar refractivity (Wildman–Crippen MR) is 106 cm³/mol. The van der Waals surface area contributed by atoms with Crippen LogP contribution in [-0.2, 0) is 9.53 Å². The predicted octanol–water partition coefficient (Wildman–Crippen LogP) is 2.00. The first-order valence-electron chi connectivity index (χ1n) is 8.51. The number of rotatable bonds is 8. The molecule has 0 aliphatic heterocycles. The lowest BCUT2D eigenvalue weighted by atomic mass is 10.3. The first-order valence-corrected chi connectivity index (χ1v) is 9.32. The number of hydrogen-bond acceptors (Lipinski definition) is 7. The number of thiazole rings is 1. The van der Waals surface area contributed by atoms with Gasteiger partial charge in [0.25, 0.3) is 0 Å². The zero-order valence-electron chi connectivity index (χ0n) is 15.9. The summed E-state index contributed by atoms with van der Waals surface area (Å²) in [5.41, 5.74) is 2.59. The maximum atomic E-state index is 12.0. The molecule has 0 atom stereocenters. The highest BCUT2D eigenvalue weighted by atomic mass is 32.1. The number of ether oxygens (including phenoxy) is 2. The summed E-state index contributed by atoms with van der Waals surface area (Å²) in [6, 6.07) is 7.66. The lowest BCUT2D eigenvalue weighted by Gasteiger charge is -2.15. The Bertz CT molecular complexity index is 919. The molecule has 0 fully saturated rings. The molecule has 1 aromatic carbocycles. The van der Waals surface area contributed by atoms with Crippen molar-refractivity contribution in [3.8, 4) is 11.4 Å². The fourth-order valence-electron chi connectivity index (χ4n) is 2.62. The van der Waals surface area contributed by atoms with Crippen molar-refractivity contribution in [1.29, 1.82) is 0 Å². The van der Waals surface area contributed by atoms with E-state index in [-0.39, 0.29) is 12.5 Å². The van der Waals surface area contributed by atoms with Crippen molar-refractivity contribution in [3.05, 3.63) is 30.0 Å². The van der Waals surface area contributed by atoms with Gasteiger partial charge in [0.2, 0.25) is 5.91 Å². The van der Waals surface area contributed by atoms with E-state index in [1.165, 1.54) is 11.3 Å². The molecule has 0 aliphatic rings. The molecule has 0 spiro atoms. The number of aryl methyl sites for hydroxylation is 1. The van der Waals surface area contributed by atoms with Crippen LogP contribution >= 0.6 is 11.3 Å². The smallest absolute Gasteiger partial charge is 0.239 e. The fraction of sp³-hybridized carbons (Fsp3) is 0.389. The third-order valence-electron chi connectivity index (χ3n) is 4.03. The van der Waals surface area contributed by atoms with Crippen LogP contribution in [0, 0.1) is 6.92 Å². The Hall–Kier alpha value is -2.65. The number of carbonyl (C=O) groups excluding carboxylic acids is 1. The second kappa shape index (κ2) is 8.36. The van der Waals surface area contributed by atoms with Crippen LogP contribution in [0.3, 0.4) is 0 Å². The van der Waals surface area contributed by atoms with Crippen molar-refractivity contribution < 1.29 is 14.3 Å². The number of likely N-dealkylation sites (N-methyl/N-ethyl adjacent to an activating group) is 1. The summed E-state index contributed by atoms with van der Waals surface area (Å²) in [5.74, 6) is 0.722. The zero-order valence-corrected chi connectivity index (χ0v) is 16.7. The highest BCUT2D eigenvalue weighted by Crippen LogP contribution is 2.32. The summed E-state index contributed by atoms with van der Waals surface area (Å²) in [4.78, 5) is 18.6. The molecule has 8 nitrogen and oxygen atoms in total. The Balaban J connectivity index is 1.81. The van der Waals surface area contributed by atoms with Gasteiger partial charge in [0, 0.05) is 20.7 Å². The fourth-order valence-corrected chi connectivity index (χ4v) is 3.57. The van der Waals surface area contributed by atoms with Crippen molar-refractivity contribution in [2.45, 2.75) is 6.92 Å². The van der Waals surface area contributed by atoms with E-state index >= 15 is 0 Å². The molecule has 9 heteroatoms. The highest BCUT2D eigenvalue weighted by Gasteiger charge is 2.18. The quantitative estimate of drug-likeness (QED) is 0.594. The lowest BCUT2D eigenvalue weighted by Crippen LogP contribution is -2.36. The standard InChI is InChI=1S/C18H23N5O3S/c1-12-16-17(23(21-12)13-5-7-14(26-4)8-6-13)20-18(27-16)22(2)11-15(24)19-9-10-25-3/h5-8H,9-11H2,1-4H3,(H,19,24). The molecule has 0 saturated carbocycles. The first-order chi connectivity index (χ1) is 13.0. The van der Waals surface area contributed by atoms with Gasteiger partial charge in [0.05, 0.1) is 36.3 Å². The first kappa shape index (κ1) is 19.1. The lowest BCUT2D eigenvalue weighted by molar-refractivity contribution is -0.119. The zero-order chi connectivity index (χ0) is 19.4. The van der Waals surface area contributed by atoms with Gasteiger partial charge in [-0.25, -0.2) is 4.68 Å². The van der Waals surface area contributed by atoms with E-state index in [4.69, 9.17) is 14.5 Å². The minimum absolute atomic E-state index is 0.0673. The molecule has 2 heterocycles. The molecule has 1 N–H and O–H groups in total. The molecule has 3 rings (SSSR count). The minimum Gasteiger partial charge on any atom is -0.497 e. The van der Waals surface area contributed by atoms with Gasteiger partial charge >= 0.3 is 0 Å². The number of fused-ring (bicyclic) bond motifs is 1. The highest BCUT2D eigenvalue weighted by molar-refractivity contribution is 7.22. The summed E-state index contributed by atoms with van der Waals surface area (Å²) in [6.07, 6.45) is 0. The van der Waals surface area contributed by atoms with Gasteiger partial charge in [-0.05, 0) is 31.2 Å². The van der Waals surface area contributed by atoms with Gasteiger partial charge in [-0.2, -0.15) is 10.1 Å². The normalized spacial score (nSPS) is 11.0. The molecule has 0 saturated heterocycles. The minimum atomic E-state index is -0.0673. The van der Waals surface area contributed by atoms with Crippen LogP contribution in [0.1, 0.15) is 5.69 Å². The van der Waals surface area contributed by atoms with Crippen molar-refractivity contribution in [3.63, 3.8) is 0 Å². The van der Waals surface area contributed by atoms with Crippen LogP contribution in [-0.4, -0.2) is 61.6 Å². The van der Waals surface area contributed by atoms with Gasteiger partial charge in [-0.15, -0.1) is 0 Å². The van der Waals surface area contributed by atoms with Gasteiger partial charge in [0.1, 0.15) is 5.75 Å². The van der Waals surface area contributed by atoms with Gasteiger partial charge in [-0.1, -0.05) is 11.3 Å². The van der Waals surface area contributed by atoms with E-state index in [9.17, 15) is 4.79 Å². The second-order valence-electron chi connectivity index (χ2n) is 6.04. The maximum Gasteiger partial charge on any atom is 0.239 e. The summed E-state index contributed by atoms with van der Waals surface area (Å²) in [5, 5.41) is 8.18. The average molecular weight is 389 g/mol. The molecular weight excluding hydrogens is 366 g/mol. The van der Waals surface area contributed by atoms with E-state index in [1.807, 2.05) is 47.8 Å². The number of aromatic nitrogens is 3. The van der Waals surface area contributed by atoms with E-state index in [2.05, 4.69) is 10.4 Å². The Kier molecular flexibility index (Phi) is 5.92. The van der Waals surface area contributed by atoms with Crippen molar-refractivity contribution in [1.82, 2.24) is 20.1 Å². The van der Waals surface area contributed by atoms with E-state index in [0.29, 0.717) is 13.2 Å². The Morgan fingerprint density at radius 1 is 1.30 bits per heavy atom. The Labute approximate surface area is 161 Å². The molecule has 0 radical (unpaired) electrons. The molecule has 3 aromatic rings. The van der Waals surface area contributed by atoms with Gasteiger partial charge in [-0.3, -0.25) is 4.79 Å². The van der Waals surface area contributed by atoms with E-state index in [0.717, 1.165) is 32.6 Å². The number of nitrogens with one attached hydrogen (secondary N) is 1. The summed E-state index contributed by atoms with van der Waals surface area (Å²) in [6.45, 7) is 3.18. The van der Waals surface area contributed by atoms with Gasteiger partial charge in [0.15, 0.2) is 10.8 Å². The molecule has 0 unspecified atom stereocenters. The molecule has 1 amide bonds. The SMILES string of the molecule is COCCNC(=O)CN(C)c1nc2c(s1)c(C)nn2-c1ccc(OC)cc1. The van der Waals surface area contributed by atoms with Gasteiger partial charge < -0.3 is 19.7 Å². The number of anilines is 1. The topological polar surface area (TPSA) is 81.5 Å². The third-order valence-corrected chi connectivity index (χ3v) is 5.30. The monoisotopic (exact) mass is 389 g/mol. The van der Waals surface area contributed by atoms with Crippen LogP contribution < -0.4 is 15.0 Å². The summed E-state index contributed by atoms with van der Waals surface area (Å²) >= 11 is 1.53. The summed E-state index contributed by atoms with van der Waals surface area (Å²) in [7, 11) is 5.10. The number of nitrogens with zero attached hydrogens (tertiary/aromatic N) is 4. The maximum absolute atomic E-state index is 12.0. The van der Waals surface area contributed by atoms with Crippen LogP contribution in [0.4, 0.5) is 5.13 Å². The molecule has 2 aromatic heterocycles. The summed E-state index contributed by atoms with van der Waals surface area (Å²) < 4.78 is 13.0. The van der Waals surface area contributed by atoms with Crippen molar-refractivity contribution in [2.24, 2.45) is 0 Å². The number of amides is 1. The number of benzene rings is 1. The van der Waals surface area contributed by atoms with E-state index < -0.39 is 0 Å². The van der Waals surface area contributed by atoms with Crippen molar-refractivity contribution in [2.75, 3.05) is 45.9 Å². The Morgan fingerprint density at radius 3 is 2.70 bits per heavy atom. The van der Waals surface area contributed by atoms with Crippen molar-refractivity contribution >= 4 is 32.7 Å². The van der Waals surface area contributed by atoms with Crippen LogP contribution in [0.15, 0.2) is 24.3 Å². The van der Waals surface area contributed by atoms with Crippen LogP contribution in [0.5, 0.6) is 5.75 Å². The Morgan fingerprint density at radius 2 is 2.04 bits per heavy atom. The number of carbonyl (C=O) groups is 1. The molecule has 0 bridgehead atoms. The number of hydrogen-bond donors (Lipinski definition) is 1. The molecule has 0 aliphatic carbocycles. The average Bonchev–Trinajstić information content (AvgIpc) is 3.23. The molecule has 27 heavy (non-hydrogen) atoms.